The Bertz CT molecular complexity index is 1270. The molecule has 1 heterocycles. The minimum absolute atomic E-state index is 0.242. The molecule has 0 aliphatic heterocycles. The van der Waals surface area contributed by atoms with Crippen molar-refractivity contribution < 1.29 is 14.3 Å². The van der Waals surface area contributed by atoms with E-state index in [1.807, 2.05) is 54.6 Å². The van der Waals surface area contributed by atoms with Crippen LogP contribution in [0.4, 0.5) is 5.69 Å². The van der Waals surface area contributed by atoms with Gasteiger partial charge in [0.15, 0.2) is 17.3 Å². The van der Waals surface area contributed by atoms with E-state index in [0.717, 1.165) is 29.8 Å². The van der Waals surface area contributed by atoms with Crippen LogP contribution in [0.5, 0.6) is 11.5 Å². The standard InChI is InChI=1S/C26H24N4O3/c1-32-23-15-20(12-13-22(23)33-16-17-6-3-2-4-7-17)26(31)27-21-9-5-8-19(14-21)25-28-24(29-30-25)18-10-11-18/h2-9,12-15,18H,10-11,16H2,1H3,(H,27,31)(H,28,29,30). The van der Waals surface area contributed by atoms with Crippen LogP contribution in [0, 0.1) is 0 Å². The number of aromatic amines is 1. The number of rotatable bonds is 8. The summed E-state index contributed by atoms with van der Waals surface area (Å²) in [4.78, 5) is 17.5. The van der Waals surface area contributed by atoms with Crippen molar-refractivity contribution in [3.8, 4) is 22.9 Å². The number of ether oxygens (including phenoxy) is 2. The highest BCUT2D eigenvalue weighted by Gasteiger charge is 2.27. The summed E-state index contributed by atoms with van der Waals surface area (Å²) in [5.74, 6) is 2.91. The number of nitrogens with zero attached hydrogens (tertiary/aromatic N) is 2. The third kappa shape index (κ3) is 4.87. The number of aromatic nitrogens is 3. The molecule has 166 valence electrons. The summed E-state index contributed by atoms with van der Waals surface area (Å²) in [5, 5.41) is 10.3. The molecular weight excluding hydrogens is 416 g/mol. The highest BCUT2D eigenvalue weighted by molar-refractivity contribution is 6.04. The van der Waals surface area contributed by atoms with Gasteiger partial charge in [-0.1, -0.05) is 42.5 Å². The molecule has 7 nitrogen and oxygen atoms in total. The van der Waals surface area contributed by atoms with E-state index in [1.54, 1.807) is 25.3 Å². The summed E-state index contributed by atoms with van der Waals surface area (Å²) in [6.45, 7) is 0.416. The van der Waals surface area contributed by atoms with E-state index in [4.69, 9.17) is 9.47 Å². The van der Waals surface area contributed by atoms with Crippen LogP contribution >= 0.6 is 0 Å². The van der Waals surface area contributed by atoms with E-state index in [-0.39, 0.29) is 5.91 Å². The molecule has 7 heteroatoms. The zero-order valence-electron chi connectivity index (χ0n) is 18.2. The van der Waals surface area contributed by atoms with Crippen molar-refractivity contribution in [3.63, 3.8) is 0 Å². The Morgan fingerprint density at radius 2 is 1.88 bits per heavy atom. The van der Waals surface area contributed by atoms with Crippen LogP contribution in [-0.4, -0.2) is 28.2 Å². The van der Waals surface area contributed by atoms with Crippen LogP contribution in [0.25, 0.3) is 11.4 Å². The minimum Gasteiger partial charge on any atom is -0.493 e. The van der Waals surface area contributed by atoms with Gasteiger partial charge in [0.1, 0.15) is 12.4 Å². The predicted molar refractivity (Wildman–Crippen MR) is 126 cm³/mol. The van der Waals surface area contributed by atoms with Crippen LogP contribution in [-0.2, 0) is 6.61 Å². The first-order chi connectivity index (χ1) is 16.2. The summed E-state index contributed by atoms with van der Waals surface area (Å²) in [6.07, 6.45) is 2.31. The maximum atomic E-state index is 12.9. The average molecular weight is 441 g/mol. The topological polar surface area (TPSA) is 89.1 Å². The normalized spacial score (nSPS) is 12.9. The minimum atomic E-state index is -0.242. The number of hydrogen-bond acceptors (Lipinski definition) is 5. The zero-order chi connectivity index (χ0) is 22.6. The lowest BCUT2D eigenvalue weighted by Gasteiger charge is -2.13. The van der Waals surface area contributed by atoms with Crippen molar-refractivity contribution in [2.24, 2.45) is 0 Å². The molecule has 3 aromatic carbocycles. The Balaban J connectivity index is 1.28. The summed E-state index contributed by atoms with van der Waals surface area (Å²) in [7, 11) is 1.56. The first-order valence-corrected chi connectivity index (χ1v) is 10.9. The molecule has 0 radical (unpaired) electrons. The van der Waals surface area contributed by atoms with Crippen molar-refractivity contribution in [1.29, 1.82) is 0 Å². The fourth-order valence-electron chi connectivity index (χ4n) is 3.55. The molecule has 1 saturated carbocycles. The van der Waals surface area contributed by atoms with Gasteiger partial charge >= 0.3 is 0 Å². The lowest BCUT2D eigenvalue weighted by molar-refractivity contribution is 0.102. The maximum absolute atomic E-state index is 12.9. The average Bonchev–Trinajstić information content (AvgIpc) is 3.59. The Kier molecular flexibility index (Phi) is 5.76. The van der Waals surface area contributed by atoms with E-state index in [9.17, 15) is 4.79 Å². The van der Waals surface area contributed by atoms with E-state index < -0.39 is 0 Å². The first kappa shape index (κ1) is 20.8. The monoisotopic (exact) mass is 440 g/mol. The number of anilines is 1. The number of carbonyl (C=O) groups excluding carboxylic acids is 1. The molecule has 0 spiro atoms. The predicted octanol–water partition coefficient (Wildman–Crippen LogP) is 5.19. The zero-order valence-corrected chi connectivity index (χ0v) is 18.2. The molecule has 0 unspecified atom stereocenters. The fraction of sp³-hybridized carbons (Fsp3) is 0.192. The second-order valence-corrected chi connectivity index (χ2v) is 7.99. The number of benzene rings is 3. The van der Waals surface area contributed by atoms with Gasteiger partial charge < -0.3 is 14.8 Å². The van der Waals surface area contributed by atoms with Gasteiger partial charge in [-0.05, 0) is 48.7 Å². The molecule has 5 rings (SSSR count). The van der Waals surface area contributed by atoms with E-state index in [1.165, 1.54) is 0 Å². The van der Waals surface area contributed by atoms with Gasteiger partial charge in [-0.3, -0.25) is 9.89 Å². The Morgan fingerprint density at radius 1 is 1.03 bits per heavy atom. The lowest BCUT2D eigenvalue weighted by Crippen LogP contribution is -2.12. The van der Waals surface area contributed by atoms with Crippen LogP contribution < -0.4 is 14.8 Å². The number of nitrogens with one attached hydrogen (secondary N) is 2. The molecule has 1 aromatic heterocycles. The largest absolute Gasteiger partial charge is 0.493 e. The third-order valence-corrected chi connectivity index (χ3v) is 5.51. The highest BCUT2D eigenvalue weighted by atomic mass is 16.5. The van der Waals surface area contributed by atoms with Crippen LogP contribution in [0.2, 0.25) is 0 Å². The second-order valence-electron chi connectivity index (χ2n) is 7.99. The van der Waals surface area contributed by atoms with Crippen molar-refractivity contribution in [3.05, 3.63) is 89.7 Å². The van der Waals surface area contributed by atoms with E-state index in [0.29, 0.717) is 41.1 Å². The molecule has 0 saturated heterocycles. The van der Waals surface area contributed by atoms with Crippen LogP contribution in [0.1, 0.15) is 40.5 Å². The fourth-order valence-corrected chi connectivity index (χ4v) is 3.55. The van der Waals surface area contributed by atoms with E-state index in [2.05, 4.69) is 20.5 Å². The molecule has 0 atom stereocenters. The second kappa shape index (κ2) is 9.16. The molecule has 1 amide bonds. The number of hydrogen-bond donors (Lipinski definition) is 2. The SMILES string of the molecule is COc1cc(C(=O)Nc2cccc(-c3n[nH]c(C4CC4)n3)c2)ccc1OCc1ccccc1. The van der Waals surface area contributed by atoms with E-state index >= 15 is 0 Å². The Hall–Kier alpha value is -4.13. The number of carbonyl (C=O) groups is 1. The Labute approximate surface area is 191 Å². The quantitative estimate of drug-likeness (QED) is 0.394. The number of H-pyrrole nitrogens is 1. The van der Waals surface area contributed by atoms with Gasteiger partial charge in [-0.25, -0.2) is 4.98 Å². The Morgan fingerprint density at radius 3 is 2.67 bits per heavy atom. The molecular formula is C26H24N4O3. The summed E-state index contributed by atoms with van der Waals surface area (Å²) >= 11 is 0. The lowest BCUT2D eigenvalue weighted by atomic mass is 10.1. The first-order valence-electron chi connectivity index (χ1n) is 10.9. The molecule has 1 aliphatic carbocycles. The molecule has 33 heavy (non-hydrogen) atoms. The van der Waals surface area contributed by atoms with Crippen molar-refractivity contribution >= 4 is 11.6 Å². The van der Waals surface area contributed by atoms with Crippen LogP contribution in [0.15, 0.2) is 72.8 Å². The highest BCUT2D eigenvalue weighted by Crippen LogP contribution is 2.38. The van der Waals surface area contributed by atoms with Crippen molar-refractivity contribution in [2.45, 2.75) is 25.4 Å². The third-order valence-electron chi connectivity index (χ3n) is 5.51. The molecule has 1 aliphatic rings. The molecule has 4 aromatic rings. The molecule has 2 N–H and O–H groups in total. The summed E-state index contributed by atoms with van der Waals surface area (Å²) < 4.78 is 11.3. The molecule has 0 bridgehead atoms. The maximum Gasteiger partial charge on any atom is 0.255 e. The van der Waals surface area contributed by atoms with Crippen molar-refractivity contribution in [2.75, 3.05) is 12.4 Å². The molecule has 1 fully saturated rings. The number of amides is 1. The summed E-state index contributed by atoms with van der Waals surface area (Å²) in [6, 6.07) is 22.5. The van der Waals surface area contributed by atoms with Crippen LogP contribution in [0.3, 0.4) is 0 Å². The summed E-state index contributed by atoms with van der Waals surface area (Å²) in [5.41, 5.74) is 3.03. The smallest absolute Gasteiger partial charge is 0.255 e. The van der Waals surface area contributed by atoms with Gasteiger partial charge in [-0.15, -0.1) is 0 Å². The van der Waals surface area contributed by atoms with Gasteiger partial charge in [-0.2, -0.15) is 5.10 Å². The van der Waals surface area contributed by atoms with Gasteiger partial charge in [0.2, 0.25) is 0 Å². The van der Waals surface area contributed by atoms with Crippen molar-refractivity contribution in [1.82, 2.24) is 15.2 Å². The van der Waals surface area contributed by atoms with Gasteiger partial charge in [0, 0.05) is 22.7 Å². The van der Waals surface area contributed by atoms with Gasteiger partial charge in [0.05, 0.1) is 7.11 Å². The number of methoxy groups -OCH3 is 1. The van der Waals surface area contributed by atoms with Gasteiger partial charge in [0.25, 0.3) is 5.91 Å².